The van der Waals surface area contributed by atoms with Crippen LogP contribution < -0.4 is 10.1 Å². The van der Waals surface area contributed by atoms with Gasteiger partial charge in [0.15, 0.2) is 6.10 Å². The van der Waals surface area contributed by atoms with Crippen LogP contribution in [0.25, 0.3) is 0 Å². The minimum Gasteiger partial charge on any atom is -0.507 e. The highest BCUT2D eigenvalue weighted by Gasteiger charge is 2.22. The van der Waals surface area contributed by atoms with Crippen LogP contribution in [0.2, 0.25) is 0 Å². The van der Waals surface area contributed by atoms with Crippen molar-refractivity contribution in [2.45, 2.75) is 20.0 Å². The fourth-order valence-corrected chi connectivity index (χ4v) is 2.22. The van der Waals surface area contributed by atoms with Crippen LogP contribution in [0, 0.1) is 17.0 Å². The summed E-state index contributed by atoms with van der Waals surface area (Å²) >= 11 is 0. The summed E-state index contributed by atoms with van der Waals surface area (Å²) in [5.41, 5.74) is 0.696. The zero-order valence-electron chi connectivity index (χ0n) is 14.9. The van der Waals surface area contributed by atoms with Crippen LogP contribution in [-0.4, -0.2) is 35.1 Å². The van der Waals surface area contributed by atoms with Crippen LogP contribution in [-0.2, 0) is 9.53 Å². The van der Waals surface area contributed by atoms with Gasteiger partial charge in [0.05, 0.1) is 23.8 Å². The Morgan fingerprint density at radius 2 is 1.93 bits per heavy atom. The van der Waals surface area contributed by atoms with Crippen LogP contribution in [0.4, 0.5) is 11.4 Å². The number of hydrogen-bond donors (Lipinski definition) is 2. The molecule has 0 spiro atoms. The van der Waals surface area contributed by atoms with Gasteiger partial charge in [-0.15, -0.1) is 0 Å². The summed E-state index contributed by atoms with van der Waals surface area (Å²) in [6.45, 7) is 3.11. The number of rotatable bonds is 6. The molecule has 0 saturated carbocycles. The maximum absolute atomic E-state index is 12.3. The minimum atomic E-state index is -1.18. The lowest BCUT2D eigenvalue weighted by Crippen LogP contribution is -2.30. The van der Waals surface area contributed by atoms with E-state index in [1.165, 1.54) is 38.3 Å². The normalized spacial score (nSPS) is 11.4. The number of anilines is 1. The van der Waals surface area contributed by atoms with Gasteiger partial charge in [-0.3, -0.25) is 14.9 Å². The van der Waals surface area contributed by atoms with E-state index >= 15 is 0 Å². The van der Waals surface area contributed by atoms with Crippen molar-refractivity contribution in [1.82, 2.24) is 0 Å². The molecule has 0 radical (unpaired) electrons. The number of phenolic OH excluding ortho intramolecular Hbond substituents is 1. The summed E-state index contributed by atoms with van der Waals surface area (Å²) in [7, 11) is 1.30. The van der Waals surface area contributed by atoms with E-state index in [4.69, 9.17) is 9.47 Å². The van der Waals surface area contributed by atoms with E-state index in [0.29, 0.717) is 0 Å². The number of esters is 1. The zero-order valence-corrected chi connectivity index (χ0v) is 14.9. The van der Waals surface area contributed by atoms with Gasteiger partial charge in [0, 0.05) is 6.07 Å². The lowest BCUT2D eigenvalue weighted by molar-refractivity contribution is -0.384. The number of nitrogens with one attached hydrogen (secondary N) is 1. The Balaban J connectivity index is 2.09. The van der Waals surface area contributed by atoms with Gasteiger partial charge < -0.3 is 19.9 Å². The molecule has 9 heteroatoms. The second kappa shape index (κ2) is 8.17. The van der Waals surface area contributed by atoms with Gasteiger partial charge in [0.1, 0.15) is 17.1 Å². The molecule has 142 valence electrons. The van der Waals surface area contributed by atoms with Crippen molar-refractivity contribution in [1.29, 1.82) is 0 Å². The summed E-state index contributed by atoms with van der Waals surface area (Å²) in [5.74, 6) is -1.68. The number of aromatic hydroxyl groups is 1. The van der Waals surface area contributed by atoms with Crippen molar-refractivity contribution in [3.63, 3.8) is 0 Å². The summed E-state index contributed by atoms with van der Waals surface area (Å²) in [4.78, 5) is 34.6. The van der Waals surface area contributed by atoms with E-state index in [9.17, 15) is 24.8 Å². The van der Waals surface area contributed by atoms with E-state index in [1.54, 1.807) is 13.0 Å². The Kier molecular flexibility index (Phi) is 5.96. The number of ether oxygens (including phenoxy) is 2. The van der Waals surface area contributed by atoms with Crippen LogP contribution in [0.5, 0.6) is 11.5 Å². The first-order chi connectivity index (χ1) is 12.7. The highest BCUT2D eigenvalue weighted by Crippen LogP contribution is 2.29. The van der Waals surface area contributed by atoms with Crippen LogP contribution >= 0.6 is 0 Å². The molecule has 2 aromatic rings. The van der Waals surface area contributed by atoms with Gasteiger partial charge in [-0.25, -0.2) is 4.79 Å². The molecule has 1 amide bonds. The second-order valence-corrected chi connectivity index (χ2v) is 5.70. The number of carbonyl (C=O) groups is 2. The molecule has 0 heterocycles. The van der Waals surface area contributed by atoms with Crippen molar-refractivity contribution >= 4 is 23.3 Å². The van der Waals surface area contributed by atoms with E-state index in [1.807, 2.05) is 0 Å². The lowest BCUT2D eigenvalue weighted by Gasteiger charge is -2.15. The Bertz CT molecular complexity index is 895. The number of benzene rings is 2. The fourth-order valence-electron chi connectivity index (χ4n) is 2.22. The third-order valence-electron chi connectivity index (χ3n) is 3.68. The quantitative estimate of drug-likeness (QED) is 0.452. The van der Waals surface area contributed by atoms with Crippen molar-refractivity contribution in [3.8, 4) is 11.5 Å². The molecule has 0 aliphatic rings. The number of phenols is 1. The largest absolute Gasteiger partial charge is 0.507 e. The predicted octanol–water partition coefficient (Wildman–Crippen LogP) is 2.80. The van der Waals surface area contributed by atoms with E-state index in [0.717, 1.165) is 11.6 Å². The molecule has 0 bridgehead atoms. The first-order valence-electron chi connectivity index (χ1n) is 7.86. The topological polar surface area (TPSA) is 128 Å². The molecule has 9 nitrogen and oxygen atoms in total. The first-order valence-corrected chi connectivity index (χ1v) is 7.86. The third-order valence-corrected chi connectivity index (χ3v) is 3.68. The molecular weight excluding hydrogens is 356 g/mol. The SMILES string of the molecule is COc1cc([N+](=O)[O-])ccc1NC(=O)[C@@H](C)OC(=O)c1ccc(C)cc1O. The molecule has 0 fully saturated rings. The lowest BCUT2D eigenvalue weighted by atomic mass is 10.1. The fraction of sp³-hybridized carbons (Fsp3) is 0.222. The maximum Gasteiger partial charge on any atom is 0.342 e. The maximum atomic E-state index is 12.3. The molecule has 0 aliphatic heterocycles. The first kappa shape index (κ1) is 19.7. The molecule has 0 aromatic heterocycles. The van der Waals surface area contributed by atoms with Gasteiger partial charge in [0.2, 0.25) is 0 Å². The highest BCUT2D eigenvalue weighted by atomic mass is 16.6. The Labute approximate surface area is 154 Å². The van der Waals surface area contributed by atoms with Gasteiger partial charge in [-0.1, -0.05) is 6.07 Å². The molecule has 0 aliphatic carbocycles. The van der Waals surface area contributed by atoms with Crippen molar-refractivity contribution < 1.29 is 29.1 Å². The second-order valence-electron chi connectivity index (χ2n) is 5.70. The van der Waals surface area contributed by atoms with Crippen LogP contribution in [0.3, 0.4) is 0 Å². The van der Waals surface area contributed by atoms with E-state index < -0.39 is 22.9 Å². The van der Waals surface area contributed by atoms with E-state index in [2.05, 4.69) is 5.32 Å². The Morgan fingerprint density at radius 3 is 2.52 bits per heavy atom. The Hall–Kier alpha value is -3.62. The number of nitro benzene ring substituents is 1. The number of carbonyl (C=O) groups excluding carboxylic acids is 2. The number of non-ortho nitro benzene ring substituents is 1. The smallest absolute Gasteiger partial charge is 0.342 e. The minimum absolute atomic E-state index is 0.0619. The van der Waals surface area contributed by atoms with Crippen LogP contribution in [0.1, 0.15) is 22.8 Å². The average Bonchev–Trinajstić information content (AvgIpc) is 2.61. The summed E-state index contributed by atoms with van der Waals surface area (Å²) in [5, 5.41) is 23.1. The summed E-state index contributed by atoms with van der Waals surface area (Å²) < 4.78 is 10.1. The molecular formula is C18H18N2O7. The highest BCUT2D eigenvalue weighted by molar-refractivity contribution is 5.99. The molecule has 2 rings (SSSR count). The molecule has 27 heavy (non-hydrogen) atoms. The van der Waals surface area contributed by atoms with Gasteiger partial charge in [-0.05, 0) is 37.6 Å². The molecule has 1 atom stereocenters. The monoisotopic (exact) mass is 374 g/mol. The van der Waals surface area contributed by atoms with Crippen molar-refractivity contribution in [2.75, 3.05) is 12.4 Å². The summed E-state index contributed by atoms with van der Waals surface area (Å²) in [6, 6.07) is 8.12. The molecule has 0 saturated heterocycles. The van der Waals surface area contributed by atoms with Crippen molar-refractivity contribution in [2.24, 2.45) is 0 Å². The van der Waals surface area contributed by atoms with E-state index in [-0.39, 0.29) is 28.4 Å². The standard InChI is InChI=1S/C18H18N2O7/c1-10-4-6-13(15(21)8-10)18(23)27-11(2)17(22)19-14-7-5-12(20(24)25)9-16(14)26-3/h4-9,11,21H,1-3H3,(H,19,22)/t11-/m1/s1. The number of nitrogens with zero attached hydrogens (tertiary/aromatic N) is 1. The summed E-state index contributed by atoms with van der Waals surface area (Å²) in [6.07, 6.45) is -1.18. The number of methoxy groups -OCH3 is 1. The average molecular weight is 374 g/mol. The Morgan fingerprint density at radius 1 is 1.22 bits per heavy atom. The molecule has 0 unspecified atom stereocenters. The van der Waals surface area contributed by atoms with Crippen molar-refractivity contribution in [3.05, 3.63) is 57.6 Å². The number of amides is 1. The molecule has 2 aromatic carbocycles. The van der Waals surface area contributed by atoms with Gasteiger partial charge in [-0.2, -0.15) is 0 Å². The zero-order chi connectivity index (χ0) is 20.1. The number of hydrogen-bond acceptors (Lipinski definition) is 7. The van der Waals surface area contributed by atoms with Crippen LogP contribution in [0.15, 0.2) is 36.4 Å². The number of aryl methyl sites for hydroxylation is 1. The number of nitro groups is 1. The van der Waals surface area contributed by atoms with Gasteiger partial charge >= 0.3 is 5.97 Å². The van der Waals surface area contributed by atoms with Gasteiger partial charge in [0.25, 0.3) is 11.6 Å². The predicted molar refractivity (Wildman–Crippen MR) is 96.0 cm³/mol. The third kappa shape index (κ3) is 4.72. The molecule has 2 N–H and O–H groups in total.